The topological polar surface area (TPSA) is 87.3 Å². The van der Waals surface area contributed by atoms with Crippen molar-refractivity contribution in [1.29, 1.82) is 0 Å². The van der Waals surface area contributed by atoms with E-state index in [1.165, 1.54) is 0 Å². The fraction of sp³-hybridized carbons (Fsp3) is 0.650. The summed E-state index contributed by atoms with van der Waals surface area (Å²) in [6.45, 7) is 12.7. The number of sulfonamides is 1. The first kappa shape index (κ1) is 24.9. The van der Waals surface area contributed by atoms with Gasteiger partial charge < -0.3 is 10.6 Å². The summed E-state index contributed by atoms with van der Waals surface area (Å²) in [6.07, 6.45) is 2.11. The number of benzene rings is 1. The molecular formula is C20H34ClN3O3S. The average Bonchev–Trinajstić information content (AvgIpc) is 2.60. The maximum absolute atomic E-state index is 12.9. The van der Waals surface area contributed by atoms with Crippen LogP contribution in [-0.2, 0) is 14.8 Å². The number of carbonyl (C=O) groups is 1. The number of rotatable bonds is 6. The minimum absolute atomic E-state index is 0. The quantitative estimate of drug-likeness (QED) is 0.646. The van der Waals surface area contributed by atoms with Crippen molar-refractivity contribution in [3.8, 4) is 0 Å². The summed E-state index contributed by atoms with van der Waals surface area (Å²) in [4.78, 5) is 12.5. The Morgan fingerprint density at radius 2 is 1.57 bits per heavy atom. The monoisotopic (exact) mass is 431 g/mol. The second kappa shape index (κ2) is 10.1. The first-order chi connectivity index (χ1) is 12.6. The Kier molecular flexibility index (Phi) is 8.93. The molecule has 2 atom stereocenters. The van der Waals surface area contributed by atoms with Crippen LogP contribution in [0.25, 0.3) is 0 Å². The van der Waals surface area contributed by atoms with Gasteiger partial charge in [0.1, 0.15) is 0 Å². The third kappa shape index (κ3) is 5.47. The van der Waals surface area contributed by atoms with Crippen LogP contribution in [0.15, 0.2) is 4.90 Å². The predicted octanol–water partition coefficient (Wildman–Crippen LogP) is 2.58. The summed E-state index contributed by atoms with van der Waals surface area (Å²) in [5, 5.41) is 6.35. The molecule has 1 fully saturated rings. The van der Waals surface area contributed by atoms with Crippen molar-refractivity contribution in [1.82, 2.24) is 15.4 Å². The maximum Gasteiger partial charge on any atom is 0.241 e. The Morgan fingerprint density at radius 3 is 2.11 bits per heavy atom. The molecule has 28 heavy (non-hydrogen) atoms. The Balaban J connectivity index is 0.00000392. The van der Waals surface area contributed by atoms with Gasteiger partial charge in [0.2, 0.25) is 15.9 Å². The highest BCUT2D eigenvalue weighted by atomic mass is 35.5. The lowest BCUT2D eigenvalue weighted by atomic mass is 9.95. The Hall–Kier alpha value is -1.15. The van der Waals surface area contributed by atoms with Crippen molar-refractivity contribution in [3.05, 3.63) is 27.8 Å². The highest BCUT2D eigenvalue weighted by Gasteiger charge is 2.25. The molecule has 6 nitrogen and oxygen atoms in total. The number of piperidine rings is 1. The molecule has 1 aromatic carbocycles. The van der Waals surface area contributed by atoms with Crippen LogP contribution in [0.5, 0.6) is 0 Å². The van der Waals surface area contributed by atoms with Crippen LogP contribution in [-0.4, -0.2) is 39.5 Å². The minimum atomic E-state index is -3.67. The van der Waals surface area contributed by atoms with Gasteiger partial charge in [-0.25, -0.2) is 13.1 Å². The van der Waals surface area contributed by atoms with E-state index in [2.05, 4.69) is 22.3 Å². The summed E-state index contributed by atoms with van der Waals surface area (Å²) in [5.41, 5.74) is 4.66. The van der Waals surface area contributed by atoms with Crippen LogP contribution in [0.3, 0.4) is 0 Å². The zero-order valence-electron chi connectivity index (χ0n) is 17.7. The summed E-state index contributed by atoms with van der Waals surface area (Å²) in [7, 11) is -3.67. The number of halogens is 1. The fourth-order valence-corrected chi connectivity index (χ4v) is 5.39. The average molecular weight is 432 g/mol. The SMILES string of the molecule is Cc1c(C)c(C)c(S(=O)(=O)NCCC(=O)NC2CCCNC2C)c(C)c1C.Cl. The summed E-state index contributed by atoms with van der Waals surface area (Å²) < 4.78 is 28.3. The van der Waals surface area contributed by atoms with Crippen molar-refractivity contribution in [2.45, 2.75) is 77.8 Å². The van der Waals surface area contributed by atoms with Gasteiger partial charge >= 0.3 is 0 Å². The molecule has 1 amide bonds. The number of hydrogen-bond donors (Lipinski definition) is 3. The number of hydrogen-bond acceptors (Lipinski definition) is 4. The second-order valence-corrected chi connectivity index (χ2v) is 9.36. The third-order valence-electron chi connectivity index (χ3n) is 5.95. The van der Waals surface area contributed by atoms with Gasteiger partial charge in [-0.1, -0.05) is 0 Å². The minimum Gasteiger partial charge on any atom is -0.352 e. The van der Waals surface area contributed by atoms with E-state index in [0.29, 0.717) is 4.90 Å². The van der Waals surface area contributed by atoms with Crippen LogP contribution in [0.4, 0.5) is 0 Å². The van der Waals surface area contributed by atoms with Crippen molar-refractivity contribution in [2.75, 3.05) is 13.1 Å². The van der Waals surface area contributed by atoms with Gasteiger partial charge in [-0.05, 0) is 88.7 Å². The molecule has 0 aliphatic carbocycles. The van der Waals surface area contributed by atoms with Gasteiger partial charge in [0.15, 0.2) is 0 Å². The molecule has 0 saturated carbocycles. The maximum atomic E-state index is 12.9. The first-order valence-electron chi connectivity index (χ1n) is 9.65. The second-order valence-electron chi connectivity index (χ2n) is 7.66. The molecule has 8 heteroatoms. The smallest absolute Gasteiger partial charge is 0.241 e. The third-order valence-corrected chi connectivity index (χ3v) is 7.69. The van der Waals surface area contributed by atoms with Crippen LogP contribution in [0.2, 0.25) is 0 Å². The van der Waals surface area contributed by atoms with E-state index in [-0.39, 0.29) is 43.4 Å². The predicted molar refractivity (Wildman–Crippen MR) is 116 cm³/mol. The summed E-state index contributed by atoms with van der Waals surface area (Å²) >= 11 is 0. The van der Waals surface area contributed by atoms with Crippen molar-refractivity contribution < 1.29 is 13.2 Å². The largest absolute Gasteiger partial charge is 0.352 e. The van der Waals surface area contributed by atoms with Crippen molar-refractivity contribution in [3.63, 3.8) is 0 Å². The fourth-order valence-electron chi connectivity index (χ4n) is 3.76. The highest BCUT2D eigenvalue weighted by molar-refractivity contribution is 7.89. The molecule has 1 heterocycles. The zero-order valence-corrected chi connectivity index (χ0v) is 19.4. The van der Waals surface area contributed by atoms with E-state index in [4.69, 9.17) is 0 Å². The van der Waals surface area contributed by atoms with Crippen molar-refractivity contribution in [2.24, 2.45) is 0 Å². The number of amides is 1. The molecule has 2 rings (SSSR count). The van der Waals surface area contributed by atoms with Gasteiger partial charge in [-0.2, -0.15) is 0 Å². The summed E-state index contributed by atoms with van der Waals surface area (Å²) in [6, 6.07) is 0.345. The molecule has 2 unspecified atom stereocenters. The molecule has 1 aliphatic heterocycles. The van der Waals surface area contributed by atoms with E-state index >= 15 is 0 Å². The van der Waals surface area contributed by atoms with Crippen LogP contribution >= 0.6 is 12.4 Å². The highest BCUT2D eigenvalue weighted by Crippen LogP contribution is 2.29. The standard InChI is InChI=1S/C20H33N3O3S.ClH/c1-12-13(2)15(4)20(16(5)14(12)3)27(25,26)22-11-9-19(24)23-18-8-7-10-21-17(18)6;/h17-18,21-22H,7-11H2,1-6H3,(H,23,24);1H. The van der Waals surface area contributed by atoms with E-state index in [1.54, 1.807) is 0 Å². The molecule has 0 spiro atoms. The molecule has 0 bridgehead atoms. The lowest BCUT2D eigenvalue weighted by Crippen LogP contribution is -2.52. The van der Waals surface area contributed by atoms with E-state index in [9.17, 15) is 13.2 Å². The zero-order chi connectivity index (χ0) is 20.4. The molecular weight excluding hydrogens is 398 g/mol. The molecule has 160 valence electrons. The van der Waals surface area contributed by atoms with Crippen LogP contribution in [0.1, 0.15) is 54.0 Å². The molecule has 1 aromatic rings. The van der Waals surface area contributed by atoms with Crippen LogP contribution < -0.4 is 15.4 Å². The number of carbonyl (C=O) groups excluding carboxylic acids is 1. The lowest BCUT2D eigenvalue weighted by Gasteiger charge is -2.30. The number of nitrogens with one attached hydrogen (secondary N) is 3. The van der Waals surface area contributed by atoms with Gasteiger partial charge in [0, 0.05) is 25.0 Å². The summed E-state index contributed by atoms with van der Waals surface area (Å²) in [5.74, 6) is -0.122. The Morgan fingerprint density at radius 1 is 1.04 bits per heavy atom. The van der Waals surface area contributed by atoms with Gasteiger partial charge in [-0.3, -0.25) is 4.79 Å². The Bertz CT molecular complexity index is 795. The van der Waals surface area contributed by atoms with E-state index in [0.717, 1.165) is 47.2 Å². The van der Waals surface area contributed by atoms with E-state index in [1.807, 2.05) is 34.6 Å². The van der Waals surface area contributed by atoms with Gasteiger partial charge in [0.25, 0.3) is 0 Å². The molecule has 3 N–H and O–H groups in total. The van der Waals surface area contributed by atoms with Gasteiger partial charge in [0.05, 0.1) is 4.90 Å². The molecule has 1 aliphatic rings. The molecule has 0 radical (unpaired) electrons. The first-order valence-corrected chi connectivity index (χ1v) is 11.1. The lowest BCUT2D eigenvalue weighted by molar-refractivity contribution is -0.122. The van der Waals surface area contributed by atoms with Crippen LogP contribution in [0, 0.1) is 34.6 Å². The van der Waals surface area contributed by atoms with Crippen molar-refractivity contribution >= 4 is 28.3 Å². The molecule has 0 aromatic heterocycles. The molecule has 1 saturated heterocycles. The van der Waals surface area contributed by atoms with Gasteiger partial charge in [-0.15, -0.1) is 12.4 Å². The Labute approximate surface area is 175 Å². The van der Waals surface area contributed by atoms with E-state index < -0.39 is 10.0 Å². The normalized spacial score (nSPS) is 19.8.